The van der Waals surface area contributed by atoms with Crippen LogP contribution in [0, 0.1) is 11.3 Å². The molecule has 0 aromatic heterocycles. The highest BCUT2D eigenvalue weighted by Crippen LogP contribution is 2.28. The molecule has 0 aliphatic carbocycles. The molecule has 0 spiro atoms. The Balaban J connectivity index is 3.50. The van der Waals surface area contributed by atoms with Gasteiger partial charge in [0.15, 0.2) is 0 Å². The number of carbonyl (C=O) groups excluding carboxylic acids is 1. The predicted molar refractivity (Wildman–Crippen MR) is 56.9 cm³/mol. The number of nitriles is 1. The first-order valence-electron chi connectivity index (χ1n) is 4.35. The summed E-state index contributed by atoms with van der Waals surface area (Å²) < 4.78 is 9.55. The van der Waals surface area contributed by atoms with E-state index in [-0.39, 0.29) is 11.1 Å². The molecule has 6 heteroatoms. The molecular weight excluding hydrogens is 210 g/mol. The van der Waals surface area contributed by atoms with E-state index in [0.717, 1.165) is 0 Å². The lowest BCUT2D eigenvalue weighted by atomic mass is 10.1. The maximum atomic E-state index is 11.5. The minimum Gasteiger partial charge on any atom is -0.495 e. The second kappa shape index (κ2) is 5.00. The van der Waals surface area contributed by atoms with Gasteiger partial charge in [-0.3, -0.25) is 5.84 Å². The Morgan fingerprint density at radius 1 is 1.50 bits per heavy atom. The van der Waals surface area contributed by atoms with Gasteiger partial charge >= 0.3 is 5.97 Å². The molecule has 1 aromatic carbocycles. The Labute approximate surface area is 92.5 Å². The molecule has 16 heavy (non-hydrogen) atoms. The smallest absolute Gasteiger partial charge is 0.341 e. The maximum Gasteiger partial charge on any atom is 0.341 e. The molecule has 1 rings (SSSR count). The van der Waals surface area contributed by atoms with Crippen LogP contribution in [-0.4, -0.2) is 20.2 Å². The number of nitrogen functional groups attached to an aromatic ring is 1. The lowest BCUT2D eigenvalue weighted by Gasteiger charge is -2.11. The molecular formula is C10H11N3O3. The molecule has 0 bridgehead atoms. The van der Waals surface area contributed by atoms with Crippen molar-refractivity contribution in [3.05, 3.63) is 23.3 Å². The lowest BCUT2D eigenvalue weighted by molar-refractivity contribution is 0.0601. The van der Waals surface area contributed by atoms with Crippen molar-refractivity contribution in [2.45, 2.75) is 0 Å². The number of carbonyl (C=O) groups is 1. The van der Waals surface area contributed by atoms with Gasteiger partial charge < -0.3 is 14.9 Å². The third-order valence-corrected chi connectivity index (χ3v) is 2.04. The van der Waals surface area contributed by atoms with Crippen LogP contribution in [0.5, 0.6) is 5.75 Å². The van der Waals surface area contributed by atoms with Crippen LogP contribution < -0.4 is 16.0 Å². The largest absolute Gasteiger partial charge is 0.495 e. The fourth-order valence-corrected chi connectivity index (χ4v) is 1.30. The quantitative estimate of drug-likeness (QED) is 0.441. The van der Waals surface area contributed by atoms with Crippen molar-refractivity contribution in [2.75, 3.05) is 19.6 Å². The van der Waals surface area contributed by atoms with Gasteiger partial charge in [0.2, 0.25) is 0 Å². The van der Waals surface area contributed by atoms with Crippen LogP contribution in [0.15, 0.2) is 12.1 Å². The van der Waals surface area contributed by atoms with Gasteiger partial charge in [0.25, 0.3) is 0 Å². The third-order valence-electron chi connectivity index (χ3n) is 2.04. The number of nitrogens with zero attached hydrogens (tertiary/aromatic N) is 1. The highest BCUT2D eigenvalue weighted by atomic mass is 16.5. The first-order chi connectivity index (χ1) is 7.69. The Morgan fingerprint density at radius 3 is 2.62 bits per heavy atom. The van der Waals surface area contributed by atoms with Crippen molar-refractivity contribution < 1.29 is 14.3 Å². The highest BCUT2D eigenvalue weighted by molar-refractivity contribution is 5.99. The maximum absolute atomic E-state index is 11.5. The number of ether oxygens (including phenoxy) is 2. The second-order valence-corrected chi connectivity index (χ2v) is 2.81. The summed E-state index contributed by atoms with van der Waals surface area (Å²) >= 11 is 0. The Kier molecular flexibility index (Phi) is 3.69. The number of benzene rings is 1. The molecule has 0 saturated heterocycles. The van der Waals surface area contributed by atoms with Crippen LogP contribution in [0.25, 0.3) is 0 Å². The number of esters is 1. The zero-order valence-corrected chi connectivity index (χ0v) is 8.90. The van der Waals surface area contributed by atoms with Crippen molar-refractivity contribution in [1.82, 2.24) is 0 Å². The van der Waals surface area contributed by atoms with Gasteiger partial charge in [0.05, 0.1) is 19.9 Å². The zero-order chi connectivity index (χ0) is 12.1. The zero-order valence-electron chi connectivity index (χ0n) is 8.90. The molecule has 0 fully saturated rings. The monoisotopic (exact) mass is 221 g/mol. The lowest BCUT2D eigenvalue weighted by Crippen LogP contribution is -2.15. The molecule has 1 aromatic rings. The van der Waals surface area contributed by atoms with Gasteiger partial charge in [-0.2, -0.15) is 5.26 Å². The van der Waals surface area contributed by atoms with Crippen molar-refractivity contribution in [3.8, 4) is 11.8 Å². The van der Waals surface area contributed by atoms with Crippen LogP contribution in [0.3, 0.4) is 0 Å². The van der Waals surface area contributed by atoms with Gasteiger partial charge in [0.1, 0.15) is 22.9 Å². The number of nitrogens with two attached hydrogens (primary N) is 1. The Morgan fingerprint density at radius 2 is 2.19 bits per heavy atom. The molecule has 3 N–H and O–H groups in total. The molecule has 0 amide bonds. The normalized spacial score (nSPS) is 9.12. The predicted octanol–water partition coefficient (Wildman–Crippen LogP) is 0.639. The number of rotatable bonds is 3. The molecule has 6 nitrogen and oxygen atoms in total. The summed E-state index contributed by atoms with van der Waals surface area (Å²) in [5.41, 5.74) is 2.79. The van der Waals surface area contributed by atoms with E-state index in [0.29, 0.717) is 11.4 Å². The fraction of sp³-hybridized carbons (Fsp3) is 0.200. The molecule has 0 unspecified atom stereocenters. The highest BCUT2D eigenvalue weighted by Gasteiger charge is 2.20. The van der Waals surface area contributed by atoms with Crippen LogP contribution >= 0.6 is 0 Å². The third kappa shape index (κ3) is 1.89. The number of hydrogen-bond donors (Lipinski definition) is 2. The summed E-state index contributed by atoms with van der Waals surface area (Å²) in [6.07, 6.45) is 0. The SMILES string of the molecule is COC(=O)c1c(NN)ccc(OC)c1C#N. The first kappa shape index (κ1) is 11.8. The molecule has 0 aliphatic rings. The summed E-state index contributed by atoms with van der Waals surface area (Å²) in [5.74, 6) is 4.89. The van der Waals surface area contributed by atoms with Gasteiger partial charge in [-0.25, -0.2) is 4.79 Å². The van der Waals surface area contributed by atoms with E-state index >= 15 is 0 Å². The average Bonchev–Trinajstić information content (AvgIpc) is 2.35. The Hall–Kier alpha value is -2.26. The van der Waals surface area contributed by atoms with Crippen molar-refractivity contribution >= 4 is 11.7 Å². The topological polar surface area (TPSA) is 97.4 Å². The molecule has 0 atom stereocenters. The van der Waals surface area contributed by atoms with Crippen molar-refractivity contribution in [3.63, 3.8) is 0 Å². The van der Waals surface area contributed by atoms with E-state index in [1.165, 1.54) is 20.3 Å². The van der Waals surface area contributed by atoms with Crippen molar-refractivity contribution in [2.24, 2.45) is 5.84 Å². The van der Waals surface area contributed by atoms with Gasteiger partial charge in [0, 0.05) is 0 Å². The molecule has 0 radical (unpaired) electrons. The van der Waals surface area contributed by atoms with Crippen molar-refractivity contribution in [1.29, 1.82) is 5.26 Å². The standard InChI is InChI=1S/C10H11N3O3/c1-15-8-4-3-7(13-12)9(6(8)5-11)10(14)16-2/h3-4,13H,12H2,1-2H3. The molecule has 0 heterocycles. The summed E-state index contributed by atoms with van der Waals surface area (Å²) in [5, 5.41) is 8.99. The van der Waals surface area contributed by atoms with Gasteiger partial charge in [-0.05, 0) is 12.1 Å². The average molecular weight is 221 g/mol. The number of anilines is 1. The van der Waals surface area contributed by atoms with Gasteiger partial charge in [-0.15, -0.1) is 0 Å². The number of nitrogens with one attached hydrogen (secondary N) is 1. The van der Waals surface area contributed by atoms with Crippen LogP contribution in [0.2, 0.25) is 0 Å². The summed E-state index contributed by atoms with van der Waals surface area (Å²) in [6.45, 7) is 0. The van der Waals surface area contributed by atoms with E-state index in [2.05, 4.69) is 10.2 Å². The van der Waals surface area contributed by atoms with E-state index < -0.39 is 5.97 Å². The minimum absolute atomic E-state index is 0.0619. The molecule has 0 saturated carbocycles. The Bertz CT molecular complexity index is 451. The number of hydrogen-bond acceptors (Lipinski definition) is 6. The van der Waals surface area contributed by atoms with Crippen LogP contribution in [0.1, 0.15) is 15.9 Å². The van der Waals surface area contributed by atoms with E-state index in [1.807, 2.05) is 6.07 Å². The van der Waals surface area contributed by atoms with E-state index in [9.17, 15) is 4.79 Å². The van der Waals surface area contributed by atoms with Crippen LogP contribution in [0.4, 0.5) is 5.69 Å². The summed E-state index contributed by atoms with van der Waals surface area (Å²) in [6, 6.07) is 4.96. The minimum atomic E-state index is -0.650. The number of hydrazine groups is 1. The van der Waals surface area contributed by atoms with E-state index in [1.54, 1.807) is 6.07 Å². The summed E-state index contributed by atoms with van der Waals surface area (Å²) in [4.78, 5) is 11.5. The summed E-state index contributed by atoms with van der Waals surface area (Å²) in [7, 11) is 2.63. The van der Waals surface area contributed by atoms with Crippen LogP contribution in [-0.2, 0) is 4.74 Å². The number of methoxy groups -OCH3 is 2. The molecule has 84 valence electrons. The fourth-order valence-electron chi connectivity index (χ4n) is 1.30. The second-order valence-electron chi connectivity index (χ2n) is 2.81. The first-order valence-corrected chi connectivity index (χ1v) is 4.35. The van der Waals surface area contributed by atoms with E-state index in [4.69, 9.17) is 15.8 Å². The molecule has 0 aliphatic heterocycles. The van der Waals surface area contributed by atoms with Gasteiger partial charge in [-0.1, -0.05) is 0 Å².